The summed E-state index contributed by atoms with van der Waals surface area (Å²) in [5, 5.41) is 6.39. The molecule has 27 heavy (non-hydrogen) atoms. The Balaban J connectivity index is 1.50. The minimum absolute atomic E-state index is 0.171. The van der Waals surface area contributed by atoms with Crippen LogP contribution >= 0.6 is 0 Å². The van der Waals surface area contributed by atoms with Gasteiger partial charge in [0, 0.05) is 18.7 Å². The van der Waals surface area contributed by atoms with Crippen molar-refractivity contribution in [2.24, 2.45) is 0 Å². The van der Waals surface area contributed by atoms with E-state index in [1.165, 1.54) is 32.0 Å². The molecule has 0 aliphatic heterocycles. The van der Waals surface area contributed by atoms with Gasteiger partial charge < -0.3 is 15.4 Å². The second kappa shape index (κ2) is 9.90. The second-order valence-electron chi connectivity index (χ2n) is 6.98. The highest BCUT2D eigenvalue weighted by Crippen LogP contribution is 2.20. The molecule has 0 unspecified atom stereocenters. The summed E-state index contributed by atoms with van der Waals surface area (Å²) in [6.07, 6.45) is 9.66. The van der Waals surface area contributed by atoms with E-state index in [-0.39, 0.29) is 5.91 Å². The molecule has 1 aromatic carbocycles. The number of ether oxygens (including phenoxy) is 1. The van der Waals surface area contributed by atoms with Crippen LogP contribution in [0, 0.1) is 0 Å². The van der Waals surface area contributed by atoms with Gasteiger partial charge in [-0.3, -0.25) is 4.79 Å². The number of aromatic nitrogens is 2. The van der Waals surface area contributed by atoms with E-state index in [4.69, 9.17) is 4.74 Å². The van der Waals surface area contributed by atoms with Crippen LogP contribution < -0.4 is 15.4 Å². The monoisotopic (exact) mass is 368 g/mol. The highest BCUT2D eigenvalue weighted by atomic mass is 16.5. The Hall–Kier alpha value is -2.63. The van der Waals surface area contributed by atoms with Crippen LogP contribution in [0.4, 0.5) is 5.82 Å². The number of carbonyl (C=O) groups excluding carboxylic acids is 1. The van der Waals surface area contributed by atoms with Crippen LogP contribution in [-0.4, -0.2) is 35.6 Å². The molecule has 1 aromatic heterocycles. The smallest absolute Gasteiger partial charge is 0.270 e. The Morgan fingerprint density at radius 2 is 1.85 bits per heavy atom. The summed E-state index contributed by atoms with van der Waals surface area (Å²) in [5.41, 5.74) is 1.55. The molecule has 1 fully saturated rings. The van der Waals surface area contributed by atoms with Gasteiger partial charge in [-0.15, -0.1) is 0 Å². The zero-order valence-electron chi connectivity index (χ0n) is 15.9. The molecule has 3 rings (SSSR count). The predicted molar refractivity (Wildman–Crippen MR) is 106 cm³/mol. The van der Waals surface area contributed by atoms with Crippen molar-refractivity contribution in [2.45, 2.75) is 51.0 Å². The Labute approximate surface area is 160 Å². The molecule has 0 radical (unpaired) electrons. The molecule has 144 valence electrons. The van der Waals surface area contributed by atoms with Gasteiger partial charge in [-0.25, -0.2) is 9.97 Å². The van der Waals surface area contributed by atoms with Crippen molar-refractivity contribution in [3.05, 3.63) is 47.9 Å². The Bertz CT molecular complexity index is 725. The number of carbonyl (C=O) groups is 1. The average molecular weight is 368 g/mol. The molecule has 1 aliphatic rings. The van der Waals surface area contributed by atoms with Crippen LogP contribution in [0.1, 0.15) is 54.6 Å². The number of anilines is 1. The van der Waals surface area contributed by atoms with Gasteiger partial charge >= 0.3 is 0 Å². The van der Waals surface area contributed by atoms with Crippen LogP contribution in [0.3, 0.4) is 0 Å². The van der Waals surface area contributed by atoms with E-state index in [9.17, 15) is 4.79 Å². The minimum Gasteiger partial charge on any atom is -0.497 e. The Morgan fingerprint density at radius 3 is 2.56 bits per heavy atom. The summed E-state index contributed by atoms with van der Waals surface area (Å²) in [7, 11) is 1.65. The molecule has 1 saturated carbocycles. The average Bonchev–Trinajstić information content (AvgIpc) is 2.97. The number of nitrogens with one attached hydrogen (secondary N) is 2. The van der Waals surface area contributed by atoms with Crippen molar-refractivity contribution in [3.63, 3.8) is 0 Å². The normalized spacial score (nSPS) is 15.0. The first-order chi connectivity index (χ1) is 13.2. The molecule has 1 aliphatic carbocycles. The van der Waals surface area contributed by atoms with E-state index in [1.54, 1.807) is 13.2 Å². The first kappa shape index (κ1) is 19.1. The fourth-order valence-electron chi connectivity index (χ4n) is 3.40. The van der Waals surface area contributed by atoms with Crippen LogP contribution in [0.2, 0.25) is 0 Å². The van der Waals surface area contributed by atoms with E-state index >= 15 is 0 Å². The zero-order valence-corrected chi connectivity index (χ0v) is 15.9. The van der Waals surface area contributed by atoms with Gasteiger partial charge in [0.15, 0.2) is 0 Å². The van der Waals surface area contributed by atoms with Gasteiger partial charge in [0.25, 0.3) is 5.91 Å². The lowest BCUT2D eigenvalue weighted by Crippen LogP contribution is -2.27. The summed E-state index contributed by atoms with van der Waals surface area (Å²) in [4.78, 5) is 20.8. The summed E-state index contributed by atoms with van der Waals surface area (Å²) in [5.74, 6) is 1.39. The van der Waals surface area contributed by atoms with E-state index in [1.807, 2.05) is 24.3 Å². The molecule has 1 amide bonds. The lowest BCUT2D eigenvalue weighted by atomic mass is 10.1. The topological polar surface area (TPSA) is 76.1 Å². The van der Waals surface area contributed by atoms with Gasteiger partial charge in [-0.05, 0) is 37.0 Å². The van der Waals surface area contributed by atoms with Crippen LogP contribution in [0.25, 0.3) is 0 Å². The number of nitrogens with zero attached hydrogens (tertiary/aromatic N) is 2. The van der Waals surface area contributed by atoms with E-state index in [2.05, 4.69) is 20.6 Å². The Morgan fingerprint density at radius 1 is 1.11 bits per heavy atom. The molecule has 6 nitrogen and oxygen atoms in total. The standard InChI is InChI=1S/C21H28N4O2/c1-27-18-10-8-16(9-11-18)12-13-22-21(26)19-14-20(24-15-23-19)25-17-6-4-2-3-5-7-17/h8-11,14-15,17H,2-7,12-13H2,1H3,(H,22,26)(H,23,24,25). The second-order valence-corrected chi connectivity index (χ2v) is 6.98. The van der Waals surface area contributed by atoms with Crippen molar-refractivity contribution in [1.82, 2.24) is 15.3 Å². The maximum absolute atomic E-state index is 12.4. The number of amides is 1. The summed E-state index contributed by atoms with van der Waals surface area (Å²) in [6, 6.07) is 10.0. The molecule has 0 atom stereocenters. The van der Waals surface area contributed by atoms with Crippen LogP contribution in [0.5, 0.6) is 5.75 Å². The summed E-state index contributed by atoms with van der Waals surface area (Å²) < 4.78 is 5.15. The van der Waals surface area contributed by atoms with Crippen molar-refractivity contribution in [1.29, 1.82) is 0 Å². The number of hydrogen-bond acceptors (Lipinski definition) is 5. The maximum Gasteiger partial charge on any atom is 0.270 e. The van der Waals surface area contributed by atoms with Crippen molar-refractivity contribution < 1.29 is 9.53 Å². The molecule has 2 aromatic rings. The first-order valence-corrected chi connectivity index (χ1v) is 9.74. The first-order valence-electron chi connectivity index (χ1n) is 9.74. The summed E-state index contributed by atoms with van der Waals surface area (Å²) >= 11 is 0. The molecule has 2 N–H and O–H groups in total. The van der Waals surface area contributed by atoms with Crippen LogP contribution in [0.15, 0.2) is 36.7 Å². The summed E-state index contributed by atoms with van der Waals surface area (Å²) in [6.45, 7) is 0.556. The highest BCUT2D eigenvalue weighted by Gasteiger charge is 2.14. The van der Waals surface area contributed by atoms with E-state index < -0.39 is 0 Å². The molecule has 0 spiro atoms. The van der Waals surface area contributed by atoms with Gasteiger partial charge in [0.05, 0.1) is 7.11 Å². The number of rotatable bonds is 7. The predicted octanol–water partition coefficient (Wildman–Crippen LogP) is 3.59. The third-order valence-corrected chi connectivity index (χ3v) is 4.97. The fourth-order valence-corrected chi connectivity index (χ4v) is 3.40. The quantitative estimate of drug-likeness (QED) is 0.731. The SMILES string of the molecule is COc1ccc(CCNC(=O)c2cc(NC3CCCCCC3)ncn2)cc1. The molecular weight excluding hydrogens is 340 g/mol. The highest BCUT2D eigenvalue weighted by molar-refractivity contribution is 5.92. The van der Waals surface area contributed by atoms with Gasteiger partial charge in [0.2, 0.25) is 0 Å². The number of methoxy groups -OCH3 is 1. The van der Waals surface area contributed by atoms with Crippen LogP contribution in [-0.2, 0) is 6.42 Å². The lowest BCUT2D eigenvalue weighted by molar-refractivity contribution is 0.0949. The number of benzene rings is 1. The van der Waals surface area contributed by atoms with Gasteiger partial charge in [-0.1, -0.05) is 37.8 Å². The fraction of sp³-hybridized carbons (Fsp3) is 0.476. The molecule has 0 saturated heterocycles. The lowest BCUT2D eigenvalue weighted by Gasteiger charge is -2.17. The van der Waals surface area contributed by atoms with E-state index in [0.29, 0.717) is 18.3 Å². The van der Waals surface area contributed by atoms with Crippen molar-refractivity contribution >= 4 is 11.7 Å². The Kier molecular flexibility index (Phi) is 7.02. The molecule has 0 bridgehead atoms. The van der Waals surface area contributed by atoms with Crippen molar-refractivity contribution in [2.75, 3.05) is 19.0 Å². The zero-order chi connectivity index (χ0) is 18.9. The van der Waals surface area contributed by atoms with Gasteiger partial charge in [-0.2, -0.15) is 0 Å². The van der Waals surface area contributed by atoms with Crippen molar-refractivity contribution in [3.8, 4) is 5.75 Å². The molecule has 1 heterocycles. The van der Waals surface area contributed by atoms with E-state index in [0.717, 1.165) is 36.4 Å². The largest absolute Gasteiger partial charge is 0.497 e. The third kappa shape index (κ3) is 5.94. The maximum atomic E-state index is 12.4. The molecular formula is C21H28N4O2. The minimum atomic E-state index is -0.171. The third-order valence-electron chi connectivity index (χ3n) is 4.97. The van der Waals surface area contributed by atoms with Gasteiger partial charge in [0.1, 0.15) is 23.6 Å². The number of hydrogen-bond donors (Lipinski definition) is 2. The molecule has 6 heteroatoms.